The zero-order chi connectivity index (χ0) is 15.8. The van der Waals surface area contributed by atoms with Crippen molar-refractivity contribution < 1.29 is 14.3 Å². The molecule has 0 saturated heterocycles. The Morgan fingerprint density at radius 3 is 2.86 bits per heavy atom. The summed E-state index contributed by atoms with van der Waals surface area (Å²) >= 11 is 0. The maximum Gasteiger partial charge on any atom is 0.384 e. The Balaban J connectivity index is 1.89. The van der Waals surface area contributed by atoms with Gasteiger partial charge < -0.3 is 4.74 Å². The Kier molecular flexibility index (Phi) is 5.67. The summed E-state index contributed by atoms with van der Waals surface area (Å²) in [6.07, 6.45) is 3.62. The normalized spacial score (nSPS) is 9.86. The molecular weight excluding hydrogens is 278 g/mol. The molecule has 0 aliphatic carbocycles. The summed E-state index contributed by atoms with van der Waals surface area (Å²) in [4.78, 5) is 27.1. The third-order valence-corrected chi connectivity index (χ3v) is 3.25. The van der Waals surface area contributed by atoms with Crippen molar-refractivity contribution in [1.82, 2.24) is 4.98 Å². The molecule has 0 aliphatic heterocycles. The van der Waals surface area contributed by atoms with E-state index in [9.17, 15) is 9.59 Å². The van der Waals surface area contributed by atoms with Crippen molar-refractivity contribution in [2.75, 3.05) is 7.11 Å². The van der Waals surface area contributed by atoms with Crippen LogP contribution in [-0.2, 0) is 20.7 Å². The molecule has 0 atom stereocenters. The number of unbranched alkanes of at least 4 members (excludes halogenated alkanes) is 1. The number of methoxy groups -OCH3 is 1. The summed E-state index contributed by atoms with van der Waals surface area (Å²) in [5.41, 5.74) is 0.809. The van der Waals surface area contributed by atoms with Crippen molar-refractivity contribution >= 4 is 22.5 Å². The molecule has 0 radical (unpaired) electrons. The van der Waals surface area contributed by atoms with Gasteiger partial charge in [-0.25, -0.2) is 4.79 Å². The van der Waals surface area contributed by atoms with Crippen molar-refractivity contribution in [3.05, 3.63) is 42.2 Å². The second kappa shape index (κ2) is 7.94. The molecule has 22 heavy (non-hydrogen) atoms. The maximum absolute atomic E-state index is 12.0. The van der Waals surface area contributed by atoms with E-state index in [1.807, 2.05) is 30.3 Å². The van der Waals surface area contributed by atoms with Gasteiger partial charge in [0, 0.05) is 36.8 Å². The second-order valence-electron chi connectivity index (χ2n) is 4.84. The largest absolute Gasteiger partial charge is 0.459 e. The molecule has 4 nitrogen and oxygen atoms in total. The zero-order valence-corrected chi connectivity index (χ0v) is 12.5. The highest BCUT2D eigenvalue weighted by Crippen LogP contribution is 2.17. The summed E-state index contributed by atoms with van der Waals surface area (Å²) in [7, 11) is 1.29. The first-order chi connectivity index (χ1) is 10.7. The number of Topliss-reactive ketones (excluding diaryl/α,β-unsaturated/α-hetero) is 1. The van der Waals surface area contributed by atoms with Gasteiger partial charge in [-0.15, -0.1) is 0 Å². The summed E-state index contributed by atoms with van der Waals surface area (Å²) in [6.45, 7) is 0. The van der Waals surface area contributed by atoms with Crippen LogP contribution in [0.15, 0.2) is 36.5 Å². The molecule has 0 amide bonds. The monoisotopic (exact) mass is 295 g/mol. The lowest BCUT2D eigenvalue weighted by atomic mass is 10.0. The minimum absolute atomic E-state index is 0.128. The summed E-state index contributed by atoms with van der Waals surface area (Å²) < 4.78 is 4.41. The predicted molar refractivity (Wildman–Crippen MR) is 84.1 cm³/mol. The third kappa shape index (κ3) is 4.42. The van der Waals surface area contributed by atoms with Gasteiger partial charge in [-0.2, -0.15) is 0 Å². The van der Waals surface area contributed by atoms with Crippen molar-refractivity contribution in [1.29, 1.82) is 0 Å². The topological polar surface area (TPSA) is 56.3 Å². The predicted octanol–water partition coefficient (Wildman–Crippen LogP) is 2.69. The lowest BCUT2D eigenvalue weighted by Crippen LogP contribution is -2.04. The van der Waals surface area contributed by atoms with E-state index in [0.717, 1.165) is 16.5 Å². The average molecular weight is 295 g/mol. The van der Waals surface area contributed by atoms with Gasteiger partial charge in [-0.3, -0.25) is 9.78 Å². The summed E-state index contributed by atoms with van der Waals surface area (Å²) in [5, 5.41) is 2.10. The number of benzene rings is 1. The Labute approximate surface area is 129 Å². The molecule has 0 bridgehead atoms. The third-order valence-electron chi connectivity index (χ3n) is 3.25. The average Bonchev–Trinajstić information content (AvgIpc) is 2.54. The molecule has 2 rings (SSSR count). The van der Waals surface area contributed by atoms with E-state index >= 15 is 0 Å². The summed E-state index contributed by atoms with van der Waals surface area (Å²) in [6, 6.07) is 9.83. The number of esters is 1. The van der Waals surface area contributed by atoms with Gasteiger partial charge in [0.1, 0.15) is 5.78 Å². The molecule has 1 heterocycles. The van der Waals surface area contributed by atoms with Crippen LogP contribution in [-0.4, -0.2) is 23.8 Å². The minimum atomic E-state index is -0.550. The Bertz CT molecular complexity index is 735. The van der Waals surface area contributed by atoms with Crippen LogP contribution in [0.4, 0.5) is 0 Å². The number of aromatic nitrogens is 1. The summed E-state index contributed by atoms with van der Waals surface area (Å²) in [5.74, 6) is 4.62. The number of ether oxygens (including phenoxy) is 1. The van der Waals surface area contributed by atoms with E-state index in [0.29, 0.717) is 25.7 Å². The molecular formula is C18H17NO3. The van der Waals surface area contributed by atoms with E-state index in [-0.39, 0.29) is 5.78 Å². The van der Waals surface area contributed by atoms with Crippen molar-refractivity contribution in [3.8, 4) is 11.8 Å². The number of ketones is 1. The first-order valence-corrected chi connectivity index (χ1v) is 7.12. The number of hydrogen-bond donors (Lipinski definition) is 0. The first kappa shape index (κ1) is 15.7. The fourth-order valence-corrected chi connectivity index (χ4v) is 2.16. The van der Waals surface area contributed by atoms with Crippen LogP contribution in [0.5, 0.6) is 0 Å². The van der Waals surface area contributed by atoms with Crippen LogP contribution in [0.3, 0.4) is 0 Å². The lowest BCUT2D eigenvalue weighted by Gasteiger charge is -2.04. The van der Waals surface area contributed by atoms with Crippen LogP contribution in [0.1, 0.15) is 25.0 Å². The van der Waals surface area contributed by atoms with E-state index in [2.05, 4.69) is 21.6 Å². The standard InChI is InChI=1S/C18H17NO3/c1-22-18(21)10-4-2-3-8-15(20)13-17-16-9-6-5-7-14(16)11-12-19-17/h5-7,9,11-12H,2-3,8,13H2,1H3. The van der Waals surface area contributed by atoms with Gasteiger partial charge in [-0.1, -0.05) is 30.2 Å². The van der Waals surface area contributed by atoms with Crippen LogP contribution in [0.2, 0.25) is 0 Å². The Morgan fingerprint density at radius 2 is 2.05 bits per heavy atom. The molecule has 1 aromatic heterocycles. The number of carbonyl (C=O) groups excluding carboxylic acids is 2. The van der Waals surface area contributed by atoms with E-state index in [1.165, 1.54) is 7.11 Å². The number of nitrogens with zero attached hydrogens (tertiary/aromatic N) is 1. The fourth-order valence-electron chi connectivity index (χ4n) is 2.16. The number of hydrogen-bond acceptors (Lipinski definition) is 4. The fraction of sp³-hybridized carbons (Fsp3) is 0.278. The van der Waals surface area contributed by atoms with Gasteiger partial charge in [-0.05, 0) is 17.9 Å². The van der Waals surface area contributed by atoms with E-state index in [4.69, 9.17) is 0 Å². The molecule has 0 saturated carbocycles. The van der Waals surface area contributed by atoms with Gasteiger partial charge in [0.25, 0.3) is 0 Å². The number of carbonyl (C=O) groups is 2. The highest BCUT2D eigenvalue weighted by molar-refractivity contribution is 5.89. The van der Waals surface area contributed by atoms with Crippen molar-refractivity contribution in [2.24, 2.45) is 0 Å². The molecule has 0 N–H and O–H groups in total. The maximum atomic E-state index is 12.0. The Hall–Kier alpha value is -2.67. The zero-order valence-electron chi connectivity index (χ0n) is 12.5. The lowest BCUT2D eigenvalue weighted by molar-refractivity contribution is -0.133. The molecule has 0 fully saturated rings. The minimum Gasteiger partial charge on any atom is -0.459 e. The van der Waals surface area contributed by atoms with Crippen LogP contribution < -0.4 is 0 Å². The van der Waals surface area contributed by atoms with Crippen LogP contribution in [0, 0.1) is 11.8 Å². The molecule has 1 aromatic carbocycles. The SMILES string of the molecule is COC(=O)C#CCCCC(=O)Cc1nccc2ccccc12. The quantitative estimate of drug-likeness (QED) is 0.368. The van der Waals surface area contributed by atoms with E-state index < -0.39 is 5.97 Å². The Morgan fingerprint density at radius 1 is 1.23 bits per heavy atom. The van der Waals surface area contributed by atoms with Crippen molar-refractivity contribution in [2.45, 2.75) is 25.7 Å². The molecule has 0 aliphatic rings. The molecule has 0 unspecified atom stereocenters. The van der Waals surface area contributed by atoms with Gasteiger partial charge in [0.2, 0.25) is 0 Å². The molecule has 2 aromatic rings. The number of pyridine rings is 1. The number of fused-ring (bicyclic) bond motifs is 1. The second-order valence-corrected chi connectivity index (χ2v) is 4.84. The van der Waals surface area contributed by atoms with Crippen LogP contribution >= 0.6 is 0 Å². The highest BCUT2D eigenvalue weighted by atomic mass is 16.5. The molecule has 0 spiro atoms. The highest BCUT2D eigenvalue weighted by Gasteiger charge is 2.07. The smallest absolute Gasteiger partial charge is 0.384 e. The van der Waals surface area contributed by atoms with Crippen molar-refractivity contribution in [3.63, 3.8) is 0 Å². The van der Waals surface area contributed by atoms with E-state index in [1.54, 1.807) is 6.20 Å². The first-order valence-electron chi connectivity index (χ1n) is 7.12. The van der Waals surface area contributed by atoms with Crippen LogP contribution in [0.25, 0.3) is 10.8 Å². The van der Waals surface area contributed by atoms with Gasteiger partial charge in [0.15, 0.2) is 0 Å². The van der Waals surface area contributed by atoms with Gasteiger partial charge in [0.05, 0.1) is 12.8 Å². The molecule has 112 valence electrons. The van der Waals surface area contributed by atoms with Gasteiger partial charge >= 0.3 is 5.97 Å². The molecule has 4 heteroatoms. The number of rotatable bonds is 5.